The van der Waals surface area contributed by atoms with Crippen molar-refractivity contribution in [3.63, 3.8) is 0 Å². The zero-order valence-electron chi connectivity index (χ0n) is 10.6. The lowest BCUT2D eigenvalue weighted by Gasteiger charge is -2.17. The van der Waals surface area contributed by atoms with Crippen LogP contribution in [0, 0.1) is 22.7 Å². The molecule has 0 aliphatic carbocycles. The highest BCUT2D eigenvalue weighted by atomic mass is 16.2. The normalized spacial score (nSPS) is 10.9. The molecule has 0 heterocycles. The molecule has 98 valence electrons. The molecular weight excluding hydrogens is 242 g/mol. The summed E-state index contributed by atoms with van der Waals surface area (Å²) in [5.74, 6) is 0. The number of nitriles is 2. The van der Waals surface area contributed by atoms with Crippen LogP contribution in [0.5, 0.6) is 0 Å². The van der Waals surface area contributed by atoms with E-state index in [9.17, 15) is 4.79 Å². The van der Waals surface area contributed by atoms with Crippen molar-refractivity contribution in [2.45, 2.75) is 13.0 Å². The highest BCUT2D eigenvalue weighted by Crippen LogP contribution is 2.15. The van der Waals surface area contributed by atoms with Crippen LogP contribution in [0.2, 0.25) is 0 Å². The highest BCUT2D eigenvalue weighted by molar-refractivity contribution is 5.89. The zero-order chi connectivity index (χ0) is 14.3. The molecule has 0 fully saturated rings. The Hall–Kier alpha value is -2.57. The van der Waals surface area contributed by atoms with Gasteiger partial charge in [0.15, 0.2) is 0 Å². The first-order valence-electron chi connectivity index (χ1n) is 5.74. The standard InChI is InChI=1S/C13H15N5O/c1-10(16)11-3-2-4-12(9-11)17-13(19)18(7-5-14)8-6-15/h2-4,9-10H,7-8,16H2,1H3,(H,17,19). The summed E-state index contributed by atoms with van der Waals surface area (Å²) in [5.41, 5.74) is 7.24. The van der Waals surface area contributed by atoms with Crippen molar-refractivity contribution in [3.8, 4) is 12.1 Å². The van der Waals surface area contributed by atoms with E-state index in [2.05, 4.69) is 5.32 Å². The number of hydrogen-bond acceptors (Lipinski definition) is 4. The van der Waals surface area contributed by atoms with E-state index in [-0.39, 0.29) is 19.1 Å². The van der Waals surface area contributed by atoms with Gasteiger partial charge in [-0.3, -0.25) is 4.90 Å². The Bertz CT molecular complexity index is 511. The Morgan fingerprint density at radius 2 is 2.05 bits per heavy atom. The van der Waals surface area contributed by atoms with Crippen molar-refractivity contribution in [3.05, 3.63) is 29.8 Å². The number of hydrogen-bond donors (Lipinski definition) is 2. The molecule has 6 nitrogen and oxygen atoms in total. The third-order valence-corrected chi connectivity index (χ3v) is 2.47. The Labute approximate surface area is 112 Å². The van der Waals surface area contributed by atoms with Crippen LogP contribution >= 0.6 is 0 Å². The van der Waals surface area contributed by atoms with Crippen LogP contribution in [0.4, 0.5) is 10.5 Å². The number of anilines is 1. The summed E-state index contributed by atoms with van der Waals surface area (Å²) in [6.07, 6.45) is 0. The second kappa shape index (κ2) is 7.00. The molecular formula is C13H15N5O. The molecule has 0 saturated heterocycles. The first-order valence-corrected chi connectivity index (χ1v) is 5.74. The van der Waals surface area contributed by atoms with Gasteiger partial charge >= 0.3 is 6.03 Å². The Morgan fingerprint density at radius 3 is 2.58 bits per heavy atom. The maximum Gasteiger partial charge on any atom is 0.323 e. The molecule has 0 aromatic heterocycles. The number of rotatable bonds is 4. The Morgan fingerprint density at radius 1 is 1.42 bits per heavy atom. The number of carbonyl (C=O) groups excluding carboxylic acids is 1. The summed E-state index contributed by atoms with van der Waals surface area (Å²) in [6, 6.07) is 10.2. The number of nitrogens with two attached hydrogens (primary N) is 1. The van der Waals surface area contributed by atoms with Crippen LogP contribution in [0.1, 0.15) is 18.5 Å². The smallest absolute Gasteiger partial charge is 0.323 e. The molecule has 2 amide bonds. The molecule has 1 aromatic carbocycles. The summed E-state index contributed by atoms with van der Waals surface area (Å²) in [4.78, 5) is 13.0. The van der Waals surface area contributed by atoms with Gasteiger partial charge in [0.05, 0.1) is 12.1 Å². The minimum absolute atomic E-state index is 0.133. The van der Waals surface area contributed by atoms with E-state index in [0.717, 1.165) is 10.5 Å². The quantitative estimate of drug-likeness (QED) is 0.798. The largest absolute Gasteiger partial charge is 0.324 e. The summed E-state index contributed by atoms with van der Waals surface area (Å²) < 4.78 is 0. The predicted octanol–water partition coefficient (Wildman–Crippen LogP) is 1.59. The SMILES string of the molecule is CC(N)c1cccc(NC(=O)N(CC#N)CC#N)c1. The monoisotopic (exact) mass is 257 g/mol. The van der Waals surface area contributed by atoms with E-state index >= 15 is 0 Å². The zero-order valence-corrected chi connectivity index (χ0v) is 10.6. The van der Waals surface area contributed by atoms with E-state index in [1.165, 1.54) is 0 Å². The van der Waals surface area contributed by atoms with Crippen LogP contribution in [-0.4, -0.2) is 24.0 Å². The third kappa shape index (κ3) is 4.30. The molecule has 1 unspecified atom stereocenters. The van der Waals surface area contributed by atoms with Crippen LogP contribution in [0.3, 0.4) is 0 Å². The molecule has 3 N–H and O–H groups in total. The molecule has 0 spiro atoms. The summed E-state index contributed by atoms with van der Waals surface area (Å²) in [6.45, 7) is 1.58. The fourth-order valence-corrected chi connectivity index (χ4v) is 1.47. The highest BCUT2D eigenvalue weighted by Gasteiger charge is 2.13. The Balaban J connectivity index is 2.78. The van der Waals surface area contributed by atoms with Crippen molar-refractivity contribution >= 4 is 11.7 Å². The number of carbonyl (C=O) groups is 1. The van der Waals surface area contributed by atoms with Gasteiger partial charge in [0.1, 0.15) is 13.1 Å². The van der Waals surface area contributed by atoms with Gasteiger partial charge in [-0.05, 0) is 24.6 Å². The number of nitrogens with zero attached hydrogens (tertiary/aromatic N) is 3. The molecule has 1 atom stereocenters. The van der Waals surface area contributed by atoms with Gasteiger partial charge in [-0.25, -0.2) is 4.79 Å². The molecule has 1 rings (SSSR count). The summed E-state index contributed by atoms with van der Waals surface area (Å²) >= 11 is 0. The molecule has 6 heteroatoms. The van der Waals surface area contributed by atoms with Gasteiger partial charge in [0, 0.05) is 11.7 Å². The fourth-order valence-electron chi connectivity index (χ4n) is 1.47. The molecule has 1 aromatic rings. The van der Waals surface area contributed by atoms with E-state index < -0.39 is 6.03 Å². The second-order valence-electron chi connectivity index (χ2n) is 4.02. The van der Waals surface area contributed by atoms with E-state index in [4.69, 9.17) is 16.3 Å². The van der Waals surface area contributed by atoms with Crippen LogP contribution in [-0.2, 0) is 0 Å². The van der Waals surface area contributed by atoms with E-state index in [0.29, 0.717) is 5.69 Å². The average molecular weight is 257 g/mol. The van der Waals surface area contributed by atoms with Crippen LogP contribution < -0.4 is 11.1 Å². The lowest BCUT2D eigenvalue weighted by atomic mass is 10.1. The lowest BCUT2D eigenvalue weighted by Crippen LogP contribution is -2.35. The van der Waals surface area contributed by atoms with Crippen molar-refractivity contribution in [1.29, 1.82) is 10.5 Å². The molecule has 0 aliphatic rings. The maximum atomic E-state index is 11.9. The van der Waals surface area contributed by atoms with E-state index in [1.54, 1.807) is 18.2 Å². The average Bonchev–Trinajstić information content (AvgIpc) is 2.38. The molecule has 19 heavy (non-hydrogen) atoms. The van der Waals surface area contributed by atoms with Crippen LogP contribution in [0.25, 0.3) is 0 Å². The number of urea groups is 1. The predicted molar refractivity (Wildman–Crippen MR) is 70.9 cm³/mol. The van der Waals surface area contributed by atoms with Gasteiger partial charge in [0.2, 0.25) is 0 Å². The van der Waals surface area contributed by atoms with Crippen LogP contribution in [0.15, 0.2) is 24.3 Å². The topological polar surface area (TPSA) is 106 Å². The first-order chi connectivity index (χ1) is 9.08. The maximum absolute atomic E-state index is 11.9. The Kier molecular flexibility index (Phi) is 5.34. The minimum atomic E-state index is -0.482. The number of benzene rings is 1. The number of amides is 2. The molecule has 0 radical (unpaired) electrons. The lowest BCUT2D eigenvalue weighted by molar-refractivity contribution is 0.223. The second-order valence-corrected chi connectivity index (χ2v) is 4.02. The van der Waals surface area contributed by atoms with Gasteiger partial charge in [0.25, 0.3) is 0 Å². The number of nitrogens with one attached hydrogen (secondary N) is 1. The fraction of sp³-hybridized carbons (Fsp3) is 0.308. The third-order valence-electron chi connectivity index (χ3n) is 2.47. The van der Waals surface area contributed by atoms with Gasteiger partial charge in [-0.1, -0.05) is 12.1 Å². The van der Waals surface area contributed by atoms with E-state index in [1.807, 2.05) is 25.1 Å². The van der Waals surface area contributed by atoms with Gasteiger partial charge in [-0.2, -0.15) is 10.5 Å². The van der Waals surface area contributed by atoms with Crippen molar-refractivity contribution in [2.75, 3.05) is 18.4 Å². The molecule has 0 aliphatic heterocycles. The first kappa shape index (κ1) is 14.5. The van der Waals surface area contributed by atoms with Crippen molar-refractivity contribution in [1.82, 2.24) is 4.90 Å². The van der Waals surface area contributed by atoms with Crippen molar-refractivity contribution in [2.24, 2.45) is 5.73 Å². The summed E-state index contributed by atoms with van der Waals surface area (Å²) in [7, 11) is 0. The van der Waals surface area contributed by atoms with Crippen molar-refractivity contribution < 1.29 is 4.79 Å². The van der Waals surface area contributed by atoms with Gasteiger partial charge < -0.3 is 11.1 Å². The molecule has 0 saturated carbocycles. The van der Waals surface area contributed by atoms with Gasteiger partial charge in [-0.15, -0.1) is 0 Å². The summed E-state index contributed by atoms with van der Waals surface area (Å²) in [5, 5.41) is 19.8. The minimum Gasteiger partial charge on any atom is -0.324 e. The molecule has 0 bridgehead atoms.